The Morgan fingerprint density at radius 3 is 2.68 bits per heavy atom. The van der Waals surface area contributed by atoms with E-state index >= 15 is 0 Å². The van der Waals surface area contributed by atoms with Crippen LogP contribution < -0.4 is 15.4 Å². The number of ether oxygens (including phenoxy) is 1. The zero-order valence-electron chi connectivity index (χ0n) is 17.0. The number of carbonyl (C=O) groups is 1. The Morgan fingerprint density at radius 2 is 1.90 bits per heavy atom. The highest BCUT2D eigenvalue weighted by Gasteiger charge is 2.29. The van der Waals surface area contributed by atoms with Crippen LogP contribution >= 0.6 is 24.0 Å². The van der Waals surface area contributed by atoms with Crippen molar-refractivity contribution in [3.8, 4) is 5.75 Å². The van der Waals surface area contributed by atoms with Gasteiger partial charge in [-0.3, -0.25) is 9.78 Å². The molecule has 7 heteroatoms. The number of aromatic nitrogens is 1. The molecule has 1 aromatic heterocycles. The van der Waals surface area contributed by atoms with E-state index in [9.17, 15) is 4.79 Å². The van der Waals surface area contributed by atoms with Gasteiger partial charge in [-0.1, -0.05) is 29.8 Å². The van der Waals surface area contributed by atoms with E-state index in [-0.39, 0.29) is 24.2 Å². The van der Waals surface area contributed by atoms with E-state index in [4.69, 9.17) is 16.3 Å². The number of rotatable bonds is 9. The van der Waals surface area contributed by atoms with Gasteiger partial charge in [0.1, 0.15) is 12.4 Å². The maximum absolute atomic E-state index is 12.0. The van der Waals surface area contributed by atoms with Crippen molar-refractivity contribution in [3.63, 3.8) is 0 Å². The second-order valence-electron chi connectivity index (χ2n) is 7.47. The average Bonchev–Trinajstić information content (AvgIpc) is 3.60. The molecule has 1 amide bonds. The summed E-state index contributed by atoms with van der Waals surface area (Å²) in [4.78, 5) is 16.1. The number of nitrogens with one attached hydrogen (secondary N) is 2. The van der Waals surface area contributed by atoms with Gasteiger partial charge >= 0.3 is 0 Å². The average molecular weight is 458 g/mol. The lowest BCUT2D eigenvalue weighted by Crippen LogP contribution is -2.15. The van der Waals surface area contributed by atoms with Gasteiger partial charge in [0.15, 0.2) is 0 Å². The topological polar surface area (TPSA) is 63.2 Å². The Bertz CT molecular complexity index is 1010. The molecule has 5 nitrogen and oxygen atoms in total. The number of pyridine rings is 1. The fourth-order valence-corrected chi connectivity index (χ4v) is 3.36. The number of carbonyl (C=O) groups excluding carboxylic acids is 1. The highest BCUT2D eigenvalue weighted by atomic mass is 35.5. The second-order valence-corrected chi connectivity index (χ2v) is 7.91. The lowest BCUT2D eigenvalue weighted by Gasteiger charge is -2.13. The van der Waals surface area contributed by atoms with E-state index in [2.05, 4.69) is 15.6 Å². The molecule has 0 aliphatic heterocycles. The predicted octanol–water partition coefficient (Wildman–Crippen LogP) is 5.37. The molecule has 3 aromatic rings. The molecule has 0 bridgehead atoms. The lowest BCUT2D eigenvalue weighted by atomic mass is 10.1. The van der Waals surface area contributed by atoms with Crippen molar-refractivity contribution in [1.82, 2.24) is 10.3 Å². The van der Waals surface area contributed by atoms with Gasteiger partial charge in [0, 0.05) is 53.2 Å². The minimum Gasteiger partial charge on any atom is -0.489 e. The summed E-state index contributed by atoms with van der Waals surface area (Å²) >= 11 is 6.20. The van der Waals surface area contributed by atoms with Crippen LogP contribution in [0, 0.1) is 5.92 Å². The molecule has 0 unspecified atom stereocenters. The van der Waals surface area contributed by atoms with Crippen LogP contribution in [0.3, 0.4) is 0 Å². The highest BCUT2D eigenvalue weighted by molar-refractivity contribution is 6.30. The first-order chi connectivity index (χ1) is 14.7. The zero-order chi connectivity index (χ0) is 20.8. The van der Waals surface area contributed by atoms with E-state index in [0.717, 1.165) is 41.0 Å². The minimum atomic E-state index is 0. The van der Waals surface area contributed by atoms with Gasteiger partial charge in [-0.05, 0) is 54.8 Å². The van der Waals surface area contributed by atoms with Crippen LogP contribution in [0.15, 0.2) is 67.0 Å². The van der Waals surface area contributed by atoms with Crippen molar-refractivity contribution in [2.24, 2.45) is 5.92 Å². The maximum Gasteiger partial charge on any atom is 0.227 e. The molecule has 1 aliphatic carbocycles. The summed E-state index contributed by atoms with van der Waals surface area (Å²) in [5.41, 5.74) is 3.94. The zero-order valence-corrected chi connectivity index (χ0v) is 18.6. The number of benzene rings is 2. The van der Waals surface area contributed by atoms with Gasteiger partial charge in [0.2, 0.25) is 5.91 Å². The maximum atomic E-state index is 12.0. The number of nitrogens with zero attached hydrogens (tertiary/aromatic N) is 1. The van der Waals surface area contributed by atoms with Crippen molar-refractivity contribution in [2.45, 2.75) is 32.5 Å². The van der Waals surface area contributed by atoms with Gasteiger partial charge in [0.05, 0.1) is 0 Å². The Balaban J connectivity index is 0.00000272. The lowest BCUT2D eigenvalue weighted by molar-refractivity contribution is -0.117. The number of hydrogen-bond donors (Lipinski definition) is 2. The number of halogens is 2. The monoisotopic (exact) mass is 457 g/mol. The van der Waals surface area contributed by atoms with E-state index < -0.39 is 0 Å². The number of anilines is 1. The Kier molecular flexibility index (Phi) is 8.29. The molecule has 1 fully saturated rings. The third-order valence-electron chi connectivity index (χ3n) is 4.93. The quantitative estimate of drug-likeness (QED) is 0.452. The van der Waals surface area contributed by atoms with Crippen LogP contribution in [0.25, 0.3) is 0 Å². The van der Waals surface area contributed by atoms with E-state index in [1.165, 1.54) is 0 Å². The molecule has 2 aromatic carbocycles. The van der Waals surface area contributed by atoms with Crippen LogP contribution in [0.1, 0.15) is 29.5 Å². The molecule has 0 atom stereocenters. The highest BCUT2D eigenvalue weighted by Crippen LogP contribution is 2.30. The predicted molar refractivity (Wildman–Crippen MR) is 126 cm³/mol. The molecule has 162 valence electrons. The van der Waals surface area contributed by atoms with Gasteiger partial charge in [0.25, 0.3) is 0 Å². The van der Waals surface area contributed by atoms with Gasteiger partial charge in [-0.25, -0.2) is 0 Å². The molecule has 1 aliphatic rings. The number of amides is 1. The van der Waals surface area contributed by atoms with Crippen LogP contribution in [-0.4, -0.2) is 10.9 Å². The summed E-state index contributed by atoms with van der Waals surface area (Å²) < 4.78 is 5.99. The van der Waals surface area contributed by atoms with Crippen molar-refractivity contribution in [2.75, 3.05) is 5.32 Å². The third kappa shape index (κ3) is 6.96. The summed E-state index contributed by atoms with van der Waals surface area (Å²) in [6.45, 7) is 1.73. The molecular weight excluding hydrogens is 433 g/mol. The van der Waals surface area contributed by atoms with Crippen molar-refractivity contribution < 1.29 is 9.53 Å². The minimum absolute atomic E-state index is 0. The standard InChI is InChI=1S/C24H24ClN3O2.ClH/c25-21-8-9-23(30-16-18-4-2-10-26-14-18)20(12-21)15-27-13-17-3-1-5-22(11-17)28-24(29)19-6-7-19;/h1-5,8-12,14,19,27H,6-7,13,15-16H2,(H,28,29);1H. The van der Waals surface area contributed by atoms with E-state index in [1.807, 2.05) is 54.6 Å². The van der Waals surface area contributed by atoms with Crippen molar-refractivity contribution >= 4 is 35.6 Å². The molecular formula is C24H25Cl2N3O2. The molecule has 2 N–H and O–H groups in total. The summed E-state index contributed by atoms with van der Waals surface area (Å²) in [6.07, 6.45) is 5.53. The van der Waals surface area contributed by atoms with Crippen LogP contribution in [0.4, 0.5) is 5.69 Å². The largest absolute Gasteiger partial charge is 0.489 e. The summed E-state index contributed by atoms with van der Waals surface area (Å²) in [6, 6.07) is 17.4. The van der Waals surface area contributed by atoms with E-state index in [0.29, 0.717) is 24.7 Å². The van der Waals surface area contributed by atoms with Crippen LogP contribution in [0.5, 0.6) is 5.75 Å². The Morgan fingerprint density at radius 1 is 1.06 bits per heavy atom. The molecule has 1 heterocycles. The van der Waals surface area contributed by atoms with Crippen LogP contribution in [-0.2, 0) is 24.5 Å². The smallest absolute Gasteiger partial charge is 0.227 e. The first kappa shape index (κ1) is 23.1. The molecule has 4 rings (SSSR count). The summed E-state index contributed by atoms with van der Waals surface area (Å²) in [5, 5.41) is 7.10. The van der Waals surface area contributed by atoms with Crippen LogP contribution in [0.2, 0.25) is 5.02 Å². The number of hydrogen-bond acceptors (Lipinski definition) is 4. The SMILES string of the molecule is Cl.O=C(Nc1cccc(CNCc2cc(Cl)ccc2OCc2cccnc2)c1)C1CC1. The van der Waals surface area contributed by atoms with Gasteiger partial charge in [-0.15, -0.1) is 12.4 Å². The second kappa shape index (κ2) is 11.1. The molecule has 1 saturated carbocycles. The third-order valence-corrected chi connectivity index (χ3v) is 5.16. The Hall–Kier alpha value is -2.60. The summed E-state index contributed by atoms with van der Waals surface area (Å²) in [5.74, 6) is 1.11. The first-order valence-corrected chi connectivity index (χ1v) is 10.5. The fourth-order valence-electron chi connectivity index (χ4n) is 3.16. The normalized spacial score (nSPS) is 12.7. The molecule has 31 heavy (non-hydrogen) atoms. The Labute approximate surface area is 193 Å². The summed E-state index contributed by atoms with van der Waals surface area (Å²) in [7, 11) is 0. The molecule has 0 spiro atoms. The first-order valence-electron chi connectivity index (χ1n) is 10.1. The van der Waals surface area contributed by atoms with Gasteiger partial charge < -0.3 is 15.4 Å². The molecule has 0 saturated heterocycles. The fraction of sp³-hybridized carbons (Fsp3) is 0.250. The van der Waals surface area contributed by atoms with E-state index in [1.54, 1.807) is 12.4 Å². The molecule has 0 radical (unpaired) electrons. The van der Waals surface area contributed by atoms with Gasteiger partial charge in [-0.2, -0.15) is 0 Å². The van der Waals surface area contributed by atoms with Crippen molar-refractivity contribution in [1.29, 1.82) is 0 Å². The van der Waals surface area contributed by atoms with Crippen molar-refractivity contribution in [3.05, 3.63) is 88.7 Å².